The number of ether oxygens (including phenoxy) is 1. The Morgan fingerprint density at radius 2 is 2.07 bits per heavy atom. The third-order valence-electron chi connectivity index (χ3n) is 3.88. The topological polar surface area (TPSA) is 104 Å². The van der Waals surface area contributed by atoms with Gasteiger partial charge in [-0.25, -0.2) is 0 Å². The summed E-state index contributed by atoms with van der Waals surface area (Å²) in [5.74, 6) is -0.936. The Balaban J connectivity index is 1.96. The smallest absolute Gasteiger partial charge is 0.326 e. The van der Waals surface area contributed by atoms with Crippen molar-refractivity contribution in [2.24, 2.45) is 4.99 Å². The summed E-state index contributed by atoms with van der Waals surface area (Å²) in [6.07, 6.45) is 2.74. The number of para-hydroxylation sites is 1. The third-order valence-corrected chi connectivity index (χ3v) is 5.93. The molecule has 0 aliphatic heterocycles. The van der Waals surface area contributed by atoms with Gasteiger partial charge < -0.3 is 9.30 Å². The highest BCUT2D eigenvalue weighted by Gasteiger charge is 2.13. The molecule has 0 unspecified atom stereocenters. The first-order valence-electron chi connectivity index (χ1n) is 8.64. The zero-order chi connectivity index (χ0) is 21.0. The van der Waals surface area contributed by atoms with Crippen LogP contribution in [0.5, 0.6) is 0 Å². The predicted molar refractivity (Wildman–Crippen MR) is 112 cm³/mol. The first kappa shape index (κ1) is 20.6. The number of carbonyl (C=O) groups excluding carboxylic acids is 2. The first-order chi connectivity index (χ1) is 13.9. The zero-order valence-electron chi connectivity index (χ0n) is 15.7. The van der Waals surface area contributed by atoms with Crippen LogP contribution in [0.25, 0.3) is 16.3 Å². The Bertz CT molecular complexity index is 1190. The molecule has 0 aliphatic rings. The molecule has 0 aliphatic carbocycles. The van der Waals surface area contributed by atoms with Crippen molar-refractivity contribution >= 4 is 55.8 Å². The van der Waals surface area contributed by atoms with Crippen LogP contribution in [0.15, 0.2) is 41.4 Å². The van der Waals surface area contributed by atoms with E-state index in [0.29, 0.717) is 9.68 Å². The first-order valence-corrected chi connectivity index (χ1v) is 10.3. The van der Waals surface area contributed by atoms with Crippen molar-refractivity contribution in [2.75, 3.05) is 6.61 Å². The molecule has 0 saturated heterocycles. The Kier molecular flexibility index (Phi) is 6.35. The van der Waals surface area contributed by atoms with Crippen LogP contribution in [-0.4, -0.2) is 28.0 Å². The second kappa shape index (κ2) is 8.93. The molecule has 0 spiro atoms. The van der Waals surface area contributed by atoms with Crippen LogP contribution in [0.4, 0.5) is 5.00 Å². The number of thiazole rings is 1. The monoisotopic (exact) mass is 431 g/mol. The van der Waals surface area contributed by atoms with Gasteiger partial charge in [-0.05, 0) is 37.6 Å². The molecule has 150 valence electrons. The molecule has 0 atom stereocenters. The van der Waals surface area contributed by atoms with Crippen molar-refractivity contribution in [3.05, 3.63) is 61.8 Å². The molecule has 0 radical (unpaired) electrons. The lowest BCUT2D eigenvalue weighted by atomic mass is 10.2. The van der Waals surface area contributed by atoms with E-state index in [1.165, 1.54) is 29.6 Å². The van der Waals surface area contributed by atoms with Gasteiger partial charge in [0.15, 0.2) is 4.80 Å². The van der Waals surface area contributed by atoms with Crippen molar-refractivity contribution in [3.8, 4) is 0 Å². The molecule has 2 heterocycles. The molecule has 1 amide bonds. The van der Waals surface area contributed by atoms with Gasteiger partial charge in [-0.2, -0.15) is 4.99 Å². The van der Waals surface area contributed by atoms with Crippen molar-refractivity contribution in [1.29, 1.82) is 0 Å². The largest absolute Gasteiger partial charge is 0.465 e. The Labute approximate surface area is 173 Å². The van der Waals surface area contributed by atoms with Gasteiger partial charge in [0, 0.05) is 17.0 Å². The summed E-state index contributed by atoms with van der Waals surface area (Å²) in [5, 5.41) is 10.7. The lowest BCUT2D eigenvalue weighted by Gasteiger charge is -2.06. The molecule has 0 N–H and O–H groups in total. The van der Waals surface area contributed by atoms with E-state index in [-0.39, 0.29) is 18.2 Å². The van der Waals surface area contributed by atoms with E-state index in [0.717, 1.165) is 27.1 Å². The summed E-state index contributed by atoms with van der Waals surface area (Å²) in [7, 11) is 0. The number of esters is 1. The van der Waals surface area contributed by atoms with Gasteiger partial charge in [0.25, 0.3) is 5.91 Å². The molecule has 0 saturated carbocycles. The summed E-state index contributed by atoms with van der Waals surface area (Å²) in [4.78, 5) is 39.7. The highest BCUT2D eigenvalue weighted by atomic mass is 32.1. The average molecular weight is 431 g/mol. The van der Waals surface area contributed by atoms with Crippen LogP contribution < -0.4 is 4.80 Å². The van der Waals surface area contributed by atoms with E-state index in [4.69, 9.17) is 4.74 Å². The summed E-state index contributed by atoms with van der Waals surface area (Å²) >= 11 is 2.27. The van der Waals surface area contributed by atoms with E-state index >= 15 is 0 Å². The van der Waals surface area contributed by atoms with Gasteiger partial charge in [-0.3, -0.25) is 19.7 Å². The van der Waals surface area contributed by atoms with Crippen LogP contribution in [0.1, 0.15) is 17.4 Å². The molecule has 10 heteroatoms. The predicted octanol–water partition coefficient (Wildman–Crippen LogP) is 3.68. The van der Waals surface area contributed by atoms with Gasteiger partial charge >= 0.3 is 11.0 Å². The summed E-state index contributed by atoms with van der Waals surface area (Å²) < 4.78 is 7.62. The average Bonchev–Trinajstić information content (AvgIpc) is 3.26. The van der Waals surface area contributed by atoms with Crippen molar-refractivity contribution in [1.82, 2.24) is 4.57 Å². The number of nitrogens with zero attached hydrogens (tertiary/aromatic N) is 3. The number of rotatable bonds is 6. The number of hydrogen-bond acceptors (Lipinski definition) is 7. The maximum absolute atomic E-state index is 12.3. The van der Waals surface area contributed by atoms with E-state index in [9.17, 15) is 19.7 Å². The second-order valence-corrected chi connectivity index (χ2v) is 8.02. The maximum atomic E-state index is 12.3. The number of fused-ring (bicyclic) bond motifs is 1. The van der Waals surface area contributed by atoms with Crippen LogP contribution in [0.3, 0.4) is 0 Å². The molecule has 3 aromatic rings. The third kappa shape index (κ3) is 4.84. The SMILES string of the molecule is CCOC(=O)Cn1c(=NC(=O)C=Cc2ccc([N+](=O)[O-])s2)sc2cccc(C)c21. The number of aryl methyl sites for hydroxylation is 1. The normalized spacial score (nSPS) is 12.0. The fourth-order valence-corrected chi connectivity index (χ4v) is 4.53. The van der Waals surface area contributed by atoms with E-state index in [1.54, 1.807) is 17.6 Å². The summed E-state index contributed by atoms with van der Waals surface area (Å²) in [6, 6.07) is 8.67. The number of benzene rings is 1. The van der Waals surface area contributed by atoms with Gasteiger partial charge in [0.2, 0.25) is 0 Å². The lowest BCUT2D eigenvalue weighted by molar-refractivity contribution is -0.380. The Hall–Kier alpha value is -3.11. The molecular weight excluding hydrogens is 414 g/mol. The van der Waals surface area contributed by atoms with Gasteiger partial charge in [0.1, 0.15) is 6.54 Å². The molecule has 29 heavy (non-hydrogen) atoms. The summed E-state index contributed by atoms with van der Waals surface area (Å²) in [6.45, 7) is 3.87. The Morgan fingerprint density at radius 1 is 1.28 bits per heavy atom. The molecule has 2 aromatic heterocycles. The lowest BCUT2D eigenvalue weighted by Crippen LogP contribution is -2.23. The fourth-order valence-electron chi connectivity index (χ4n) is 2.69. The molecule has 1 aromatic carbocycles. The minimum Gasteiger partial charge on any atom is -0.465 e. The summed E-state index contributed by atoms with van der Waals surface area (Å²) in [5.41, 5.74) is 1.79. The number of aromatic nitrogens is 1. The van der Waals surface area contributed by atoms with Crippen LogP contribution in [-0.2, 0) is 20.9 Å². The molecule has 8 nitrogen and oxygen atoms in total. The van der Waals surface area contributed by atoms with Crippen molar-refractivity contribution < 1.29 is 19.2 Å². The maximum Gasteiger partial charge on any atom is 0.326 e. The molecular formula is C19H17N3O5S2. The van der Waals surface area contributed by atoms with Gasteiger partial charge in [-0.1, -0.05) is 34.8 Å². The van der Waals surface area contributed by atoms with Gasteiger partial charge in [-0.15, -0.1) is 0 Å². The fraction of sp³-hybridized carbons (Fsp3) is 0.211. The standard InChI is InChI=1S/C19H17N3O5S2/c1-3-27-17(24)11-21-18-12(2)5-4-6-14(18)29-19(21)20-15(23)9-7-13-8-10-16(28-13)22(25)26/h4-10H,3,11H2,1-2H3. The minimum absolute atomic E-state index is 0.00120. The number of amides is 1. The highest BCUT2D eigenvalue weighted by Crippen LogP contribution is 2.25. The van der Waals surface area contributed by atoms with Gasteiger partial charge in [0.05, 0.1) is 21.7 Å². The van der Waals surface area contributed by atoms with E-state index in [2.05, 4.69) is 4.99 Å². The number of nitro groups is 1. The number of carbonyl (C=O) groups is 2. The van der Waals surface area contributed by atoms with E-state index < -0.39 is 16.8 Å². The molecule has 3 rings (SSSR count). The van der Waals surface area contributed by atoms with Crippen LogP contribution in [0, 0.1) is 17.0 Å². The number of thiophene rings is 1. The second-order valence-electron chi connectivity index (χ2n) is 5.91. The van der Waals surface area contributed by atoms with Crippen LogP contribution in [0.2, 0.25) is 0 Å². The Morgan fingerprint density at radius 3 is 2.76 bits per heavy atom. The molecule has 0 bridgehead atoms. The van der Waals surface area contributed by atoms with Crippen LogP contribution >= 0.6 is 22.7 Å². The van der Waals surface area contributed by atoms with Crippen molar-refractivity contribution in [3.63, 3.8) is 0 Å². The zero-order valence-corrected chi connectivity index (χ0v) is 17.3. The minimum atomic E-state index is -0.525. The molecule has 0 fully saturated rings. The highest BCUT2D eigenvalue weighted by molar-refractivity contribution is 7.16. The van der Waals surface area contributed by atoms with E-state index in [1.807, 2.05) is 25.1 Å². The quantitative estimate of drug-likeness (QED) is 0.256. The number of hydrogen-bond donors (Lipinski definition) is 0. The van der Waals surface area contributed by atoms with Crippen molar-refractivity contribution in [2.45, 2.75) is 20.4 Å².